The van der Waals surface area contributed by atoms with Gasteiger partial charge in [-0.1, -0.05) is 59.6 Å². The molecule has 0 saturated heterocycles. The van der Waals surface area contributed by atoms with Gasteiger partial charge in [0.15, 0.2) is 0 Å². The highest BCUT2D eigenvalue weighted by atomic mass is 35.5. The molecule has 0 aliphatic rings. The Hall–Kier alpha value is -3.15. The zero-order chi connectivity index (χ0) is 20.2. The van der Waals surface area contributed by atoms with Gasteiger partial charge in [0.1, 0.15) is 5.82 Å². The summed E-state index contributed by atoms with van der Waals surface area (Å²) in [5.41, 5.74) is 6.42. The number of rotatable bonds is 5. The maximum absolute atomic E-state index is 12.4. The van der Waals surface area contributed by atoms with Gasteiger partial charge in [-0.2, -0.15) is 5.10 Å². The minimum absolute atomic E-state index is 0.326. The van der Waals surface area contributed by atoms with Crippen LogP contribution in [0.15, 0.2) is 71.8 Å². The molecule has 1 amide bonds. The molecule has 0 spiro atoms. The molecule has 0 atom stereocenters. The van der Waals surface area contributed by atoms with Gasteiger partial charge in [-0.05, 0) is 35.9 Å². The number of nitrogens with zero attached hydrogens (tertiary/aromatic N) is 2. The van der Waals surface area contributed by atoms with E-state index in [0.29, 0.717) is 27.6 Å². The van der Waals surface area contributed by atoms with Gasteiger partial charge in [-0.3, -0.25) is 4.79 Å². The largest absolute Gasteiger partial charge is 0.342 e. The van der Waals surface area contributed by atoms with Crippen LogP contribution in [0.3, 0.4) is 0 Å². The molecule has 0 saturated carbocycles. The molecular weight excluding hydrogens is 407 g/mol. The smallest absolute Gasteiger partial charge is 0.271 e. The van der Waals surface area contributed by atoms with Crippen molar-refractivity contribution in [2.45, 2.75) is 6.42 Å². The molecule has 4 rings (SSSR count). The van der Waals surface area contributed by atoms with Crippen molar-refractivity contribution in [3.63, 3.8) is 0 Å². The second kappa shape index (κ2) is 8.47. The highest BCUT2D eigenvalue weighted by molar-refractivity contribution is 6.36. The molecule has 1 aromatic heterocycles. The summed E-state index contributed by atoms with van der Waals surface area (Å²) in [6, 6.07) is 20.4. The Morgan fingerprint density at radius 2 is 1.90 bits per heavy atom. The van der Waals surface area contributed by atoms with Crippen molar-refractivity contribution < 1.29 is 4.79 Å². The number of carbonyl (C=O) groups is 1. The minimum Gasteiger partial charge on any atom is -0.342 e. The van der Waals surface area contributed by atoms with Gasteiger partial charge in [0.2, 0.25) is 0 Å². The van der Waals surface area contributed by atoms with Crippen molar-refractivity contribution in [3.05, 3.63) is 99.3 Å². The van der Waals surface area contributed by atoms with E-state index in [1.54, 1.807) is 30.3 Å². The van der Waals surface area contributed by atoms with Crippen LogP contribution in [0, 0.1) is 0 Å². The second-order valence-corrected chi connectivity index (χ2v) is 7.29. The maximum Gasteiger partial charge on any atom is 0.271 e. The van der Waals surface area contributed by atoms with Gasteiger partial charge in [0.05, 0.1) is 22.3 Å². The van der Waals surface area contributed by atoms with Crippen LogP contribution in [0.4, 0.5) is 0 Å². The molecule has 29 heavy (non-hydrogen) atoms. The number of hydrazone groups is 1. The first kappa shape index (κ1) is 19.2. The fourth-order valence-corrected chi connectivity index (χ4v) is 3.37. The lowest BCUT2D eigenvalue weighted by Crippen LogP contribution is -2.17. The van der Waals surface area contributed by atoms with E-state index in [9.17, 15) is 4.79 Å². The topological polar surface area (TPSA) is 70.1 Å². The minimum atomic E-state index is -0.326. The lowest BCUT2D eigenvalue weighted by atomic mass is 10.1. The number of aromatic amines is 1. The van der Waals surface area contributed by atoms with Crippen LogP contribution in [0.5, 0.6) is 0 Å². The molecule has 0 bridgehead atoms. The summed E-state index contributed by atoms with van der Waals surface area (Å²) in [7, 11) is 0. The first-order valence-corrected chi connectivity index (χ1v) is 9.65. The number of nitrogens with one attached hydrogen (secondary N) is 2. The number of H-pyrrole nitrogens is 1. The number of imidazole rings is 1. The Bertz CT molecular complexity index is 1200. The second-order valence-electron chi connectivity index (χ2n) is 6.44. The Morgan fingerprint density at radius 3 is 2.69 bits per heavy atom. The fourth-order valence-electron chi connectivity index (χ4n) is 2.91. The molecule has 1 heterocycles. The molecule has 7 heteroatoms. The van der Waals surface area contributed by atoms with Gasteiger partial charge in [-0.15, -0.1) is 0 Å². The molecule has 3 aromatic carbocycles. The third kappa shape index (κ3) is 4.65. The Balaban J connectivity index is 1.47. The molecule has 144 valence electrons. The van der Waals surface area contributed by atoms with E-state index in [-0.39, 0.29) is 5.91 Å². The number of carbonyl (C=O) groups excluding carboxylic acids is 1. The summed E-state index contributed by atoms with van der Waals surface area (Å²) < 4.78 is 0. The van der Waals surface area contributed by atoms with Crippen LogP contribution in [0.2, 0.25) is 10.0 Å². The molecule has 0 aliphatic carbocycles. The van der Waals surface area contributed by atoms with Crippen molar-refractivity contribution in [1.29, 1.82) is 0 Å². The zero-order valence-electron chi connectivity index (χ0n) is 15.2. The normalized spacial score (nSPS) is 11.2. The van der Waals surface area contributed by atoms with E-state index in [4.69, 9.17) is 23.2 Å². The Kier molecular flexibility index (Phi) is 5.60. The molecular formula is C22H16Cl2N4O. The summed E-state index contributed by atoms with van der Waals surface area (Å²) in [4.78, 5) is 20.3. The van der Waals surface area contributed by atoms with Crippen molar-refractivity contribution in [1.82, 2.24) is 15.4 Å². The van der Waals surface area contributed by atoms with Crippen molar-refractivity contribution in [2.24, 2.45) is 5.10 Å². The standard InChI is InChI=1S/C22H16Cl2N4O/c23-17-8-6-16(18(24)12-17)13-25-28-22(29)15-7-9-19-20(11-15)27-21(26-19)10-14-4-2-1-3-5-14/h1-9,11-13H,10H2,(H,26,27)(H,28,29)/b25-13-. The number of amides is 1. The van der Waals surface area contributed by atoms with E-state index in [2.05, 4.69) is 32.6 Å². The van der Waals surface area contributed by atoms with E-state index in [1.165, 1.54) is 11.8 Å². The summed E-state index contributed by atoms with van der Waals surface area (Å²) in [6.07, 6.45) is 2.17. The summed E-state index contributed by atoms with van der Waals surface area (Å²) in [5.74, 6) is 0.520. The van der Waals surface area contributed by atoms with Crippen LogP contribution < -0.4 is 5.43 Å². The predicted molar refractivity (Wildman–Crippen MR) is 117 cm³/mol. The van der Waals surface area contributed by atoms with Crippen molar-refractivity contribution in [2.75, 3.05) is 0 Å². The highest BCUT2D eigenvalue weighted by Crippen LogP contribution is 2.19. The molecule has 0 fully saturated rings. The van der Waals surface area contributed by atoms with Crippen LogP contribution >= 0.6 is 23.2 Å². The number of hydrogen-bond donors (Lipinski definition) is 2. The average molecular weight is 423 g/mol. The number of halogens is 2. The molecule has 0 aliphatic heterocycles. The van der Waals surface area contributed by atoms with E-state index < -0.39 is 0 Å². The van der Waals surface area contributed by atoms with Crippen LogP contribution in [0.25, 0.3) is 11.0 Å². The summed E-state index contributed by atoms with van der Waals surface area (Å²) in [5, 5.41) is 4.97. The van der Waals surface area contributed by atoms with Gasteiger partial charge < -0.3 is 4.98 Å². The predicted octanol–water partition coefficient (Wildman–Crippen LogP) is 5.22. The van der Waals surface area contributed by atoms with Crippen LogP contribution in [-0.4, -0.2) is 22.1 Å². The zero-order valence-corrected chi connectivity index (χ0v) is 16.7. The summed E-state index contributed by atoms with van der Waals surface area (Å²) in [6.45, 7) is 0. The van der Waals surface area contributed by atoms with Crippen LogP contribution in [0.1, 0.15) is 27.3 Å². The van der Waals surface area contributed by atoms with E-state index >= 15 is 0 Å². The average Bonchev–Trinajstić information content (AvgIpc) is 3.11. The Labute approximate surface area is 177 Å². The van der Waals surface area contributed by atoms with Gasteiger partial charge >= 0.3 is 0 Å². The molecule has 2 N–H and O–H groups in total. The molecule has 4 aromatic rings. The lowest BCUT2D eigenvalue weighted by Gasteiger charge is -2.01. The third-order valence-corrected chi connectivity index (χ3v) is 4.90. The number of hydrogen-bond acceptors (Lipinski definition) is 3. The Morgan fingerprint density at radius 1 is 1.07 bits per heavy atom. The molecule has 0 unspecified atom stereocenters. The first-order valence-electron chi connectivity index (χ1n) is 8.89. The first-order chi connectivity index (χ1) is 14.1. The van der Waals surface area contributed by atoms with Crippen molar-refractivity contribution >= 4 is 46.4 Å². The van der Waals surface area contributed by atoms with Gasteiger partial charge in [0.25, 0.3) is 5.91 Å². The molecule has 0 radical (unpaired) electrons. The number of aromatic nitrogens is 2. The fraction of sp³-hybridized carbons (Fsp3) is 0.0455. The monoisotopic (exact) mass is 422 g/mol. The SMILES string of the molecule is O=C(N/N=C\c1ccc(Cl)cc1Cl)c1ccc2nc(Cc3ccccc3)[nH]c2c1. The summed E-state index contributed by atoms with van der Waals surface area (Å²) >= 11 is 12.0. The number of benzene rings is 3. The third-order valence-electron chi connectivity index (χ3n) is 4.34. The van der Waals surface area contributed by atoms with E-state index in [1.807, 2.05) is 24.3 Å². The quantitative estimate of drug-likeness (QED) is 0.341. The van der Waals surface area contributed by atoms with E-state index in [0.717, 1.165) is 16.9 Å². The van der Waals surface area contributed by atoms with Crippen LogP contribution in [-0.2, 0) is 6.42 Å². The van der Waals surface area contributed by atoms with Gasteiger partial charge in [0, 0.05) is 22.6 Å². The lowest BCUT2D eigenvalue weighted by molar-refractivity contribution is 0.0955. The maximum atomic E-state index is 12.4. The highest BCUT2D eigenvalue weighted by Gasteiger charge is 2.09. The van der Waals surface area contributed by atoms with Crippen molar-refractivity contribution in [3.8, 4) is 0 Å². The van der Waals surface area contributed by atoms with Gasteiger partial charge in [-0.25, -0.2) is 10.4 Å². The number of fused-ring (bicyclic) bond motifs is 1. The molecule has 5 nitrogen and oxygen atoms in total.